The Labute approximate surface area is 186 Å². The van der Waals surface area contributed by atoms with Gasteiger partial charge >= 0.3 is 5.97 Å². The van der Waals surface area contributed by atoms with E-state index >= 15 is 0 Å². The molecular weight excluding hydrogens is 432 g/mol. The van der Waals surface area contributed by atoms with Gasteiger partial charge in [-0.15, -0.1) is 10.2 Å². The number of carbonyl (C=O) groups is 1. The molecule has 0 aliphatic rings. The molecule has 2 aromatic carbocycles. The minimum atomic E-state index is -0.533. The first kappa shape index (κ1) is 21.3. The fraction of sp³-hybridized carbons (Fsp3) is 0.182. The van der Waals surface area contributed by atoms with Crippen LogP contribution in [0, 0.1) is 0 Å². The zero-order valence-electron chi connectivity index (χ0n) is 17.6. The summed E-state index contributed by atoms with van der Waals surface area (Å²) in [5, 5.41) is 24.4. The van der Waals surface area contributed by atoms with Gasteiger partial charge in [-0.05, 0) is 32.0 Å². The van der Waals surface area contributed by atoms with Gasteiger partial charge in [-0.1, -0.05) is 29.5 Å². The molecule has 0 aliphatic heterocycles. The first-order chi connectivity index (χ1) is 15.5. The summed E-state index contributed by atoms with van der Waals surface area (Å²) in [5.74, 6) is -0.153. The number of methoxy groups -OCH3 is 1. The minimum Gasteiger partial charge on any atom is -0.507 e. The monoisotopic (exact) mass is 452 g/mol. The summed E-state index contributed by atoms with van der Waals surface area (Å²) in [5.41, 5.74) is 2.02. The highest BCUT2D eigenvalue weighted by molar-refractivity contribution is 7.10. The maximum Gasteiger partial charge on any atom is 0.369 e. The molecule has 2 aromatic heterocycles. The molecule has 0 spiro atoms. The van der Waals surface area contributed by atoms with E-state index in [1.807, 2.05) is 30.3 Å². The normalized spacial score (nSPS) is 12.3. The number of para-hydroxylation sites is 1. The molecule has 1 N–H and O–H groups in total. The topological polar surface area (TPSA) is 111 Å². The second-order valence-corrected chi connectivity index (χ2v) is 7.54. The maximum absolute atomic E-state index is 12.2. The van der Waals surface area contributed by atoms with Crippen molar-refractivity contribution in [3.8, 4) is 17.2 Å². The van der Waals surface area contributed by atoms with Gasteiger partial charge in [0.15, 0.2) is 0 Å². The second kappa shape index (κ2) is 9.06. The Morgan fingerprint density at radius 3 is 2.78 bits per heavy atom. The fourth-order valence-corrected chi connectivity index (χ4v) is 3.91. The molecule has 10 heteroatoms. The molecule has 9 nitrogen and oxygen atoms in total. The van der Waals surface area contributed by atoms with Crippen LogP contribution >= 0.6 is 11.3 Å². The van der Waals surface area contributed by atoms with Crippen LogP contribution in [0.3, 0.4) is 0 Å². The lowest BCUT2D eigenvalue weighted by atomic mass is 10.1. The van der Waals surface area contributed by atoms with Crippen LogP contribution in [0.4, 0.5) is 0 Å². The van der Waals surface area contributed by atoms with Crippen molar-refractivity contribution in [2.45, 2.75) is 13.8 Å². The third-order valence-corrected chi connectivity index (χ3v) is 5.43. The lowest BCUT2D eigenvalue weighted by Gasteiger charge is -2.10. The first-order valence-corrected chi connectivity index (χ1v) is 10.5. The number of furan rings is 1. The predicted molar refractivity (Wildman–Crippen MR) is 120 cm³/mol. The van der Waals surface area contributed by atoms with Crippen molar-refractivity contribution in [2.24, 2.45) is 10.2 Å². The first-order valence-electron chi connectivity index (χ1n) is 9.72. The van der Waals surface area contributed by atoms with E-state index in [0.29, 0.717) is 38.5 Å². The highest BCUT2D eigenvalue weighted by Gasteiger charge is 2.19. The molecule has 32 heavy (non-hydrogen) atoms. The summed E-state index contributed by atoms with van der Waals surface area (Å²) < 4.78 is 17.4. The molecule has 0 aliphatic carbocycles. The molecule has 0 radical (unpaired) electrons. The minimum absolute atomic E-state index is 0.0480. The second-order valence-electron chi connectivity index (χ2n) is 6.58. The van der Waals surface area contributed by atoms with Crippen LogP contribution in [0.5, 0.6) is 11.5 Å². The predicted octanol–water partition coefficient (Wildman–Crippen LogP) is 3.90. The van der Waals surface area contributed by atoms with Crippen LogP contribution in [-0.4, -0.2) is 40.3 Å². The number of esters is 1. The molecule has 0 bridgehead atoms. The van der Waals surface area contributed by atoms with Crippen molar-refractivity contribution in [3.63, 3.8) is 0 Å². The summed E-state index contributed by atoms with van der Waals surface area (Å²) in [6.07, 6.45) is 1.52. The van der Waals surface area contributed by atoms with E-state index in [2.05, 4.69) is 15.3 Å². The van der Waals surface area contributed by atoms with Crippen molar-refractivity contribution in [2.75, 3.05) is 13.7 Å². The lowest BCUT2D eigenvalue weighted by molar-refractivity contribution is 0.0524. The highest BCUT2D eigenvalue weighted by atomic mass is 32.1. The van der Waals surface area contributed by atoms with Gasteiger partial charge < -0.3 is 19.0 Å². The number of benzene rings is 2. The average molecular weight is 452 g/mol. The lowest BCUT2D eigenvalue weighted by Crippen LogP contribution is -2.14. The van der Waals surface area contributed by atoms with E-state index < -0.39 is 5.97 Å². The third-order valence-electron chi connectivity index (χ3n) is 4.55. The van der Waals surface area contributed by atoms with Crippen LogP contribution in [0.15, 0.2) is 63.3 Å². The van der Waals surface area contributed by atoms with Crippen LogP contribution < -0.4 is 9.54 Å². The van der Waals surface area contributed by atoms with Crippen molar-refractivity contribution in [1.82, 2.24) is 9.78 Å². The zero-order valence-corrected chi connectivity index (χ0v) is 18.4. The fourth-order valence-electron chi connectivity index (χ4n) is 3.16. The number of hydrogen-bond donors (Lipinski definition) is 1. The van der Waals surface area contributed by atoms with Gasteiger partial charge in [0.1, 0.15) is 17.1 Å². The summed E-state index contributed by atoms with van der Waals surface area (Å²) in [4.78, 5) is 12.6. The van der Waals surface area contributed by atoms with Gasteiger partial charge in [-0.2, -0.15) is 5.10 Å². The molecule has 4 rings (SSSR count). The number of fused-ring (bicyclic) bond motifs is 1. The number of ether oxygens (including phenoxy) is 2. The van der Waals surface area contributed by atoms with Crippen LogP contribution in [-0.2, 0) is 4.74 Å². The summed E-state index contributed by atoms with van der Waals surface area (Å²) in [7, 11) is 1.51. The maximum atomic E-state index is 12.2. The summed E-state index contributed by atoms with van der Waals surface area (Å²) in [6, 6.07) is 12.5. The van der Waals surface area contributed by atoms with Gasteiger partial charge in [0.25, 0.3) is 0 Å². The Morgan fingerprint density at radius 2 is 2.06 bits per heavy atom. The zero-order chi connectivity index (χ0) is 22.7. The Bertz CT molecular complexity index is 1370. The van der Waals surface area contributed by atoms with Gasteiger partial charge in [-0.3, -0.25) is 0 Å². The molecule has 4 aromatic rings. The summed E-state index contributed by atoms with van der Waals surface area (Å²) in [6.45, 7) is 3.67. The SMILES string of the molecule is CCOC(=O)c1nn(-c2ccccc2)/c(=N/N=C(\C)c2c(O)cc3occc3c2OC)s1. The van der Waals surface area contributed by atoms with E-state index in [0.717, 1.165) is 11.3 Å². The molecule has 2 heterocycles. The smallest absolute Gasteiger partial charge is 0.369 e. The third kappa shape index (κ3) is 4.00. The molecule has 0 atom stereocenters. The van der Waals surface area contributed by atoms with E-state index in [4.69, 9.17) is 13.9 Å². The number of hydrogen-bond acceptors (Lipinski definition) is 9. The Balaban J connectivity index is 1.84. The van der Waals surface area contributed by atoms with Gasteiger partial charge in [-0.25, -0.2) is 9.48 Å². The van der Waals surface area contributed by atoms with Crippen LogP contribution in [0.1, 0.15) is 29.2 Å². The number of carbonyl (C=O) groups excluding carboxylic acids is 1. The Morgan fingerprint density at radius 1 is 1.28 bits per heavy atom. The van der Waals surface area contributed by atoms with Gasteiger partial charge in [0.05, 0.1) is 42.3 Å². The number of phenolic OH excluding ortho intramolecular Hbond substituents is 1. The van der Waals surface area contributed by atoms with Gasteiger partial charge in [0.2, 0.25) is 9.81 Å². The number of rotatable bonds is 6. The number of nitrogens with zero attached hydrogens (tertiary/aromatic N) is 4. The quantitative estimate of drug-likeness (QED) is 0.270. The van der Waals surface area contributed by atoms with E-state index in [9.17, 15) is 9.90 Å². The average Bonchev–Trinajstić information content (AvgIpc) is 3.44. The van der Waals surface area contributed by atoms with Crippen molar-refractivity contribution < 1.29 is 23.8 Å². The van der Waals surface area contributed by atoms with Crippen LogP contribution in [0.2, 0.25) is 0 Å². The molecule has 164 valence electrons. The summed E-state index contributed by atoms with van der Waals surface area (Å²) >= 11 is 1.05. The molecule has 0 saturated carbocycles. The van der Waals surface area contributed by atoms with Crippen molar-refractivity contribution in [1.29, 1.82) is 0 Å². The van der Waals surface area contributed by atoms with E-state index in [1.54, 1.807) is 19.9 Å². The molecule has 0 saturated heterocycles. The molecule has 0 unspecified atom stereocenters. The molecule has 0 fully saturated rings. The van der Waals surface area contributed by atoms with Gasteiger partial charge in [0, 0.05) is 6.07 Å². The van der Waals surface area contributed by atoms with Crippen molar-refractivity contribution in [3.05, 3.63) is 64.1 Å². The standard InChI is InChI=1S/C22H20N4O5S/c1-4-30-21(28)20-25-26(14-8-6-5-7-9-14)22(32-20)24-23-13(2)18-16(27)12-17-15(10-11-31-17)19(18)29-3/h5-12,27H,4H2,1-3H3/b23-13+,24-22-. The largest absolute Gasteiger partial charge is 0.507 e. The van der Waals surface area contributed by atoms with E-state index in [-0.39, 0.29) is 17.4 Å². The highest BCUT2D eigenvalue weighted by Crippen LogP contribution is 2.37. The number of phenols is 1. The number of aromatic hydroxyl groups is 1. The Kier molecular flexibility index (Phi) is 6.04. The Hall–Kier alpha value is -3.92. The van der Waals surface area contributed by atoms with Crippen molar-refractivity contribution >= 4 is 34.0 Å². The molecular formula is C22H20N4O5S. The molecule has 0 amide bonds. The number of aromatic nitrogens is 2. The van der Waals surface area contributed by atoms with Crippen LogP contribution in [0.25, 0.3) is 16.7 Å². The van der Waals surface area contributed by atoms with E-state index in [1.165, 1.54) is 24.1 Å².